The number of carbonyl (C=O) groups is 1. The Kier molecular flexibility index (Phi) is 5.50. The molecule has 0 bridgehead atoms. The van der Waals surface area contributed by atoms with Crippen LogP contribution < -0.4 is 5.32 Å². The third-order valence-corrected chi connectivity index (χ3v) is 4.74. The van der Waals surface area contributed by atoms with E-state index in [1.807, 2.05) is 41.0 Å². The van der Waals surface area contributed by atoms with Crippen molar-refractivity contribution in [2.45, 2.75) is 25.5 Å². The fraction of sp³-hybridized carbons (Fsp3) is 0.211. The number of nitrogens with zero attached hydrogens (tertiary/aromatic N) is 3. The van der Waals surface area contributed by atoms with Gasteiger partial charge >= 0.3 is 0 Å². The van der Waals surface area contributed by atoms with Gasteiger partial charge in [0.05, 0.1) is 11.4 Å². The molecule has 0 aliphatic rings. The van der Waals surface area contributed by atoms with Gasteiger partial charge in [-0.25, -0.2) is 0 Å². The van der Waals surface area contributed by atoms with Crippen LogP contribution in [0.15, 0.2) is 60.0 Å². The Morgan fingerprint density at radius 2 is 1.96 bits per heavy atom. The van der Waals surface area contributed by atoms with E-state index in [-0.39, 0.29) is 5.91 Å². The first-order valence-electron chi connectivity index (χ1n) is 8.04. The van der Waals surface area contributed by atoms with Crippen molar-refractivity contribution >= 4 is 17.7 Å². The minimum atomic E-state index is -0.0240. The van der Waals surface area contributed by atoms with Crippen molar-refractivity contribution in [3.63, 3.8) is 0 Å². The maximum Gasteiger partial charge on any atom is 0.230 e. The molecule has 0 atom stereocenters. The topological polar surface area (TPSA) is 59.8 Å². The summed E-state index contributed by atoms with van der Waals surface area (Å²) in [5.41, 5.74) is 4.47. The maximum atomic E-state index is 12.1. The van der Waals surface area contributed by atoms with E-state index in [1.165, 1.54) is 17.3 Å². The number of thioether (sulfide) groups is 1. The summed E-state index contributed by atoms with van der Waals surface area (Å²) >= 11 is 1.38. The van der Waals surface area contributed by atoms with Crippen LogP contribution in [0.2, 0.25) is 0 Å². The summed E-state index contributed by atoms with van der Waals surface area (Å²) in [6.45, 7) is 4.66. The van der Waals surface area contributed by atoms with E-state index in [0.717, 1.165) is 16.8 Å². The normalized spacial score (nSPS) is 10.6. The lowest BCUT2D eigenvalue weighted by Gasteiger charge is -2.10. The predicted molar refractivity (Wildman–Crippen MR) is 99.8 cm³/mol. The molecule has 2 aromatic carbocycles. The molecule has 0 spiro atoms. The first-order valence-corrected chi connectivity index (χ1v) is 9.03. The van der Waals surface area contributed by atoms with Crippen molar-refractivity contribution in [3.05, 3.63) is 71.5 Å². The van der Waals surface area contributed by atoms with E-state index in [1.54, 1.807) is 6.33 Å². The summed E-state index contributed by atoms with van der Waals surface area (Å²) in [6, 6.07) is 16.1. The number of benzene rings is 2. The summed E-state index contributed by atoms with van der Waals surface area (Å²) in [5.74, 6) is 0.278. The molecule has 1 amide bonds. The first-order chi connectivity index (χ1) is 12.1. The molecule has 1 heterocycles. The second-order valence-electron chi connectivity index (χ2n) is 5.82. The Morgan fingerprint density at radius 1 is 1.16 bits per heavy atom. The van der Waals surface area contributed by atoms with Crippen LogP contribution in [0.3, 0.4) is 0 Å². The molecule has 0 saturated heterocycles. The van der Waals surface area contributed by atoms with Gasteiger partial charge in [0.1, 0.15) is 6.33 Å². The van der Waals surface area contributed by atoms with Gasteiger partial charge in [-0.15, -0.1) is 10.2 Å². The minimum Gasteiger partial charge on any atom is -0.351 e. The molecule has 128 valence electrons. The highest BCUT2D eigenvalue weighted by atomic mass is 32.2. The number of amides is 1. The van der Waals surface area contributed by atoms with Crippen molar-refractivity contribution < 1.29 is 4.79 Å². The Balaban J connectivity index is 1.61. The van der Waals surface area contributed by atoms with Crippen molar-refractivity contribution in [1.29, 1.82) is 0 Å². The van der Waals surface area contributed by atoms with Crippen LogP contribution in [0.25, 0.3) is 5.69 Å². The average molecular weight is 352 g/mol. The van der Waals surface area contributed by atoms with Gasteiger partial charge in [-0.1, -0.05) is 59.8 Å². The summed E-state index contributed by atoms with van der Waals surface area (Å²) < 4.78 is 1.92. The zero-order chi connectivity index (χ0) is 17.6. The number of nitrogens with one attached hydrogen (secondary N) is 1. The number of aromatic nitrogens is 3. The van der Waals surface area contributed by atoms with Gasteiger partial charge in [-0.3, -0.25) is 9.36 Å². The van der Waals surface area contributed by atoms with Gasteiger partial charge < -0.3 is 5.32 Å². The van der Waals surface area contributed by atoms with Crippen LogP contribution in [0.5, 0.6) is 0 Å². The molecule has 3 rings (SSSR count). The Bertz CT molecular complexity index is 861. The quantitative estimate of drug-likeness (QED) is 0.692. The maximum absolute atomic E-state index is 12.1. The van der Waals surface area contributed by atoms with E-state index >= 15 is 0 Å². The molecule has 5 nitrogen and oxygen atoms in total. The monoisotopic (exact) mass is 352 g/mol. The minimum absolute atomic E-state index is 0.0240. The van der Waals surface area contributed by atoms with Gasteiger partial charge in [0.2, 0.25) is 5.91 Å². The molecule has 0 saturated carbocycles. The molecule has 1 N–H and O–H groups in total. The molecule has 0 unspecified atom stereocenters. The first kappa shape index (κ1) is 17.2. The average Bonchev–Trinajstić information content (AvgIpc) is 3.07. The standard InChI is InChI=1S/C19H20N4OS/c1-14-8-9-17(15(2)10-14)23-13-21-22-19(23)25-12-18(24)20-11-16-6-4-3-5-7-16/h3-10,13H,11-12H2,1-2H3,(H,20,24). The number of hydrogen-bond acceptors (Lipinski definition) is 4. The summed E-state index contributed by atoms with van der Waals surface area (Å²) in [6.07, 6.45) is 1.68. The van der Waals surface area contributed by atoms with Crippen LogP contribution >= 0.6 is 11.8 Å². The zero-order valence-corrected chi connectivity index (χ0v) is 15.1. The van der Waals surface area contributed by atoms with E-state index in [2.05, 4.69) is 41.5 Å². The SMILES string of the molecule is Cc1ccc(-n2cnnc2SCC(=O)NCc2ccccc2)c(C)c1. The van der Waals surface area contributed by atoms with Crippen molar-refractivity contribution in [2.75, 3.05) is 5.75 Å². The predicted octanol–water partition coefficient (Wildman–Crippen LogP) is 3.29. The molecule has 0 aliphatic heterocycles. The molecule has 0 aliphatic carbocycles. The van der Waals surface area contributed by atoms with Crippen LogP contribution in [-0.2, 0) is 11.3 Å². The summed E-state index contributed by atoms with van der Waals surface area (Å²) in [5, 5.41) is 11.8. The number of hydrogen-bond donors (Lipinski definition) is 1. The molecule has 0 radical (unpaired) electrons. The van der Waals surface area contributed by atoms with Crippen LogP contribution in [0.1, 0.15) is 16.7 Å². The van der Waals surface area contributed by atoms with E-state index in [0.29, 0.717) is 17.5 Å². The van der Waals surface area contributed by atoms with E-state index < -0.39 is 0 Å². The lowest BCUT2D eigenvalue weighted by Crippen LogP contribution is -2.24. The second kappa shape index (κ2) is 7.98. The molecule has 1 aromatic heterocycles. The highest BCUT2D eigenvalue weighted by Crippen LogP contribution is 2.22. The van der Waals surface area contributed by atoms with Crippen molar-refractivity contribution in [3.8, 4) is 5.69 Å². The van der Waals surface area contributed by atoms with Gasteiger partial charge in [0.15, 0.2) is 5.16 Å². The summed E-state index contributed by atoms with van der Waals surface area (Å²) in [7, 11) is 0. The lowest BCUT2D eigenvalue weighted by molar-refractivity contribution is -0.118. The fourth-order valence-corrected chi connectivity index (χ4v) is 3.29. The summed E-state index contributed by atoms with van der Waals surface area (Å²) in [4.78, 5) is 12.1. The Morgan fingerprint density at radius 3 is 2.72 bits per heavy atom. The second-order valence-corrected chi connectivity index (χ2v) is 6.77. The van der Waals surface area contributed by atoms with Gasteiger partial charge in [0, 0.05) is 6.54 Å². The van der Waals surface area contributed by atoms with Gasteiger partial charge in [0.25, 0.3) is 0 Å². The fourth-order valence-electron chi connectivity index (χ4n) is 2.54. The van der Waals surface area contributed by atoms with Gasteiger partial charge in [-0.2, -0.15) is 0 Å². The molecule has 3 aromatic rings. The lowest BCUT2D eigenvalue weighted by atomic mass is 10.1. The molecular formula is C19H20N4OS. The Hall–Kier alpha value is -2.60. The van der Waals surface area contributed by atoms with E-state index in [4.69, 9.17) is 0 Å². The molecule has 6 heteroatoms. The third-order valence-electron chi connectivity index (χ3n) is 3.79. The highest BCUT2D eigenvalue weighted by molar-refractivity contribution is 7.99. The third kappa shape index (κ3) is 4.48. The van der Waals surface area contributed by atoms with E-state index in [9.17, 15) is 4.79 Å². The number of carbonyl (C=O) groups excluding carboxylic acids is 1. The van der Waals surface area contributed by atoms with Crippen molar-refractivity contribution in [2.24, 2.45) is 0 Å². The van der Waals surface area contributed by atoms with Crippen LogP contribution in [0.4, 0.5) is 0 Å². The van der Waals surface area contributed by atoms with Crippen LogP contribution in [-0.4, -0.2) is 26.4 Å². The number of aryl methyl sites for hydroxylation is 2. The molecule has 25 heavy (non-hydrogen) atoms. The smallest absolute Gasteiger partial charge is 0.230 e. The Labute approximate surface area is 151 Å². The van der Waals surface area contributed by atoms with Gasteiger partial charge in [-0.05, 0) is 31.0 Å². The molecule has 0 fully saturated rings. The van der Waals surface area contributed by atoms with Crippen molar-refractivity contribution in [1.82, 2.24) is 20.1 Å². The largest absolute Gasteiger partial charge is 0.351 e. The molecular weight excluding hydrogens is 332 g/mol. The highest BCUT2D eigenvalue weighted by Gasteiger charge is 2.11. The number of rotatable bonds is 6. The zero-order valence-electron chi connectivity index (χ0n) is 14.3. The van der Waals surface area contributed by atoms with Crippen LogP contribution in [0, 0.1) is 13.8 Å².